The first-order chi connectivity index (χ1) is 9.72. The molecule has 0 aliphatic carbocycles. The van der Waals surface area contributed by atoms with E-state index in [-0.39, 0.29) is 12.6 Å². The first-order valence-electron chi connectivity index (χ1n) is 6.21. The summed E-state index contributed by atoms with van der Waals surface area (Å²) in [6, 6.07) is 9.05. The molecule has 3 rings (SSSR count). The molecule has 1 aromatic carbocycles. The van der Waals surface area contributed by atoms with Crippen LogP contribution in [0.4, 0.5) is 0 Å². The van der Waals surface area contributed by atoms with Crippen molar-refractivity contribution in [2.75, 3.05) is 6.79 Å². The second-order valence-electron chi connectivity index (χ2n) is 4.41. The van der Waals surface area contributed by atoms with Crippen molar-refractivity contribution in [2.45, 2.75) is 13.5 Å². The first-order valence-corrected chi connectivity index (χ1v) is 6.21. The second-order valence-corrected chi connectivity index (χ2v) is 4.41. The predicted molar refractivity (Wildman–Crippen MR) is 71.1 cm³/mol. The van der Waals surface area contributed by atoms with Crippen LogP contribution < -0.4 is 14.2 Å². The summed E-state index contributed by atoms with van der Waals surface area (Å²) in [6.45, 7) is 2.14. The SMILES string of the molecule is CC(=O)c1ccc(OCc2ccc3c(c2)OCO3)cn1. The monoisotopic (exact) mass is 271 g/mol. The largest absolute Gasteiger partial charge is 0.487 e. The zero-order valence-corrected chi connectivity index (χ0v) is 11.0. The molecule has 1 aliphatic heterocycles. The van der Waals surface area contributed by atoms with Crippen molar-refractivity contribution in [3.05, 3.63) is 47.8 Å². The number of rotatable bonds is 4. The maximum absolute atomic E-state index is 11.1. The molecule has 1 aromatic heterocycles. The van der Waals surface area contributed by atoms with Crippen LogP contribution in [0.1, 0.15) is 23.0 Å². The number of hydrogen-bond acceptors (Lipinski definition) is 5. The van der Waals surface area contributed by atoms with E-state index in [9.17, 15) is 4.79 Å². The van der Waals surface area contributed by atoms with E-state index in [4.69, 9.17) is 14.2 Å². The summed E-state index contributed by atoms with van der Waals surface area (Å²) in [7, 11) is 0. The molecule has 0 atom stereocenters. The number of nitrogens with zero attached hydrogens (tertiary/aromatic N) is 1. The molecule has 5 nitrogen and oxygen atoms in total. The molecule has 0 bridgehead atoms. The van der Waals surface area contributed by atoms with Crippen molar-refractivity contribution in [3.63, 3.8) is 0 Å². The van der Waals surface area contributed by atoms with Gasteiger partial charge in [0.2, 0.25) is 6.79 Å². The highest BCUT2D eigenvalue weighted by molar-refractivity contribution is 5.92. The van der Waals surface area contributed by atoms with Crippen LogP contribution in [0.2, 0.25) is 0 Å². The van der Waals surface area contributed by atoms with Gasteiger partial charge in [-0.05, 0) is 29.8 Å². The van der Waals surface area contributed by atoms with Crippen LogP contribution in [0.15, 0.2) is 36.5 Å². The molecule has 2 heterocycles. The number of carbonyl (C=O) groups is 1. The quantitative estimate of drug-likeness (QED) is 0.800. The Morgan fingerprint density at radius 3 is 2.85 bits per heavy atom. The zero-order chi connectivity index (χ0) is 13.9. The van der Waals surface area contributed by atoms with Crippen LogP contribution in [0, 0.1) is 0 Å². The number of aromatic nitrogens is 1. The van der Waals surface area contributed by atoms with Gasteiger partial charge < -0.3 is 14.2 Å². The fourth-order valence-electron chi connectivity index (χ4n) is 1.87. The number of ketones is 1. The number of carbonyl (C=O) groups excluding carboxylic acids is 1. The van der Waals surface area contributed by atoms with Crippen molar-refractivity contribution < 1.29 is 19.0 Å². The first kappa shape index (κ1) is 12.5. The van der Waals surface area contributed by atoms with Crippen LogP contribution in [-0.2, 0) is 6.61 Å². The fraction of sp³-hybridized carbons (Fsp3) is 0.200. The van der Waals surface area contributed by atoms with Gasteiger partial charge in [0.05, 0.1) is 6.20 Å². The Hall–Kier alpha value is -2.56. The van der Waals surface area contributed by atoms with Crippen molar-refractivity contribution in [1.82, 2.24) is 4.98 Å². The van der Waals surface area contributed by atoms with Crippen LogP contribution in [0.5, 0.6) is 17.2 Å². The summed E-state index contributed by atoms with van der Waals surface area (Å²) in [5, 5.41) is 0. The molecule has 102 valence electrons. The summed E-state index contributed by atoms with van der Waals surface area (Å²) in [5.41, 5.74) is 1.41. The highest BCUT2D eigenvalue weighted by Crippen LogP contribution is 2.32. The number of ether oxygens (including phenoxy) is 3. The van der Waals surface area contributed by atoms with Crippen LogP contribution >= 0.6 is 0 Å². The number of benzene rings is 1. The summed E-state index contributed by atoms with van der Waals surface area (Å²) >= 11 is 0. The molecule has 0 saturated heterocycles. The number of Topliss-reactive ketones (excluding diaryl/α,β-unsaturated/α-hetero) is 1. The minimum atomic E-state index is -0.0627. The smallest absolute Gasteiger partial charge is 0.231 e. The Balaban J connectivity index is 1.65. The van der Waals surface area contributed by atoms with Crippen LogP contribution in [-0.4, -0.2) is 17.6 Å². The van der Waals surface area contributed by atoms with Gasteiger partial charge in [0.25, 0.3) is 0 Å². The molecule has 2 aromatic rings. The zero-order valence-electron chi connectivity index (χ0n) is 11.0. The Bertz CT molecular complexity index is 637. The Kier molecular flexibility index (Phi) is 3.25. The van der Waals surface area contributed by atoms with Crippen molar-refractivity contribution in [3.8, 4) is 17.2 Å². The lowest BCUT2D eigenvalue weighted by atomic mass is 10.2. The Morgan fingerprint density at radius 2 is 2.10 bits per heavy atom. The third-order valence-electron chi connectivity index (χ3n) is 2.94. The highest BCUT2D eigenvalue weighted by atomic mass is 16.7. The number of hydrogen-bond donors (Lipinski definition) is 0. The number of fused-ring (bicyclic) bond motifs is 1. The topological polar surface area (TPSA) is 57.7 Å². The molecule has 0 amide bonds. The van der Waals surface area contributed by atoms with E-state index in [0.717, 1.165) is 17.1 Å². The van der Waals surface area contributed by atoms with Gasteiger partial charge in [-0.2, -0.15) is 0 Å². The van der Waals surface area contributed by atoms with Gasteiger partial charge in [0, 0.05) is 6.92 Å². The van der Waals surface area contributed by atoms with E-state index in [2.05, 4.69) is 4.98 Å². The van der Waals surface area contributed by atoms with Gasteiger partial charge in [-0.3, -0.25) is 4.79 Å². The third kappa shape index (κ3) is 2.56. The molecule has 5 heteroatoms. The Morgan fingerprint density at radius 1 is 1.25 bits per heavy atom. The van der Waals surface area contributed by atoms with Crippen molar-refractivity contribution in [1.29, 1.82) is 0 Å². The van der Waals surface area contributed by atoms with Gasteiger partial charge in [0.1, 0.15) is 18.1 Å². The molecule has 0 spiro atoms. The summed E-state index contributed by atoms with van der Waals surface area (Å²) < 4.78 is 16.2. The maximum Gasteiger partial charge on any atom is 0.231 e. The van der Waals surface area contributed by atoms with E-state index in [0.29, 0.717) is 18.1 Å². The summed E-state index contributed by atoms with van der Waals surface area (Å²) in [6.07, 6.45) is 1.55. The molecule has 0 N–H and O–H groups in total. The minimum absolute atomic E-state index is 0.0627. The molecule has 1 aliphatic rings. The molecule has 0 unspecified atom stereocenters. The van der Waals surface area contributed by atoms with E-state index in [1.807, 2.05) is 18.2 Å². The molecule has 0 saturated carbocycles. The molecule has 20 heavy (non-hydrogen) atoms. The van der Waals surface area contributed by atoms with E-state index in [1.54, 1.807) is 18.3 Å². The van der Waals surface area contributed by atoms with Crippen molar-refractivity contribution in [2.24, 2.45) is 0 Å². The third-order valence-corrected chi connectivity index (χ3v) is 2.94. The lowest BCUT2D eigenvalue weighted by Crippen LogP contribution is -1.99. The normalized spacial score (nSPS) is 12.2. The van der Waals surface area contributed by atoms with Gasteiger partial charge in [-0.1, -0.05) is 6.07 Å². The van der Waals surface area contributed by atoms with E-state index in [1.165, 1.54) is 6.92 Å². The summed E-state index contributed by atoms with van der Waals surface area (Å²) in [5.74, 6) is 2.04. The average Bonchev–Trinajstić information content (AvgIpc) is 2.93. The van der Waals surface area contributed by atoms with Crippen LogP contribution in [0.3, 0.4) is 0 Å². The van der Waals surface area contributed by atoms with Crippen molar-refractivity contribution >= 4 is 5.78 Å². The fourth-order valence-corrected chi connectivity index (χ4v) is 1.87. The molecule has 0 radical (unpaired) electrons. The molecular formula is C15H13NO4. The average molecular weight is 271 g/mol. The van der Waals surface area contributed by atoms with E-state index >= 15 is 0 Å². The summed E-state index contributed by atoms with van der Waals surface area (Å²) in [4.78, 5) is 15.1. The van der Waals surface area contributed by atoms with Gasteiger partial charge in [0.15, 0.2) is 17.3 Å². The lowest BCUT2D eigenvalue weighted by Gasteiger charge is -2.07. The number of pyridine rings is 1. The maximum atomic E-state index is 11.1. The van der Waals surface area contributed by atoms with Crippen LogP contribution in [0.25, 0.3) is 0 Å². The van der Waals surface area contributed by atoms with Gasteiger partial charge in [-0.15, -0.1) is 0 Å². The predicted octanol–water partition coefficient (Wildman–Crippen LogP) is 2.59. The highest BCUT2D eigenvalue weighted by Gasteiger charge is 2.13. The second kappa shape index (κ2) is 5.21. The van der Waals surface area contributed by atoms with Gasteiger partial charge in [-0.25, -0.2) is 4.98 Å². The molecular weight excluding hydrogens is 258 g/mol. The van der Waals surface area contributed by atoms with Gasteiger partial charge >= 0.3 is 0 Å². The Labute approximate surface area is 116 Å². The minimum Gasteiger partial charge on any atom is -0.487 e. The standard InChI is InChI=1S/C15H13NO4/c1-10(17)13-4-3-12(7-16-13)18-8-11-2-5-14-15(6-11)20-9-19-14/h2-7H,8-9H2,1H3. The van der Waals surface area contributed by atoms with E-state index < -0.39 is 0 Å². The lowest BCUT2D eigenvalue weighted by molar-refractivity contribution is 0.101. The molecule has 0 fully saturated rings.